The van der Waals surface area contributed by atoms with Gasteiger partial charge in [-0.3, -0.25) is 9.78 Å². The maximum atomic E-state index is 12.7. The highest BCUT2D eigenvalue weighted by molar-refractivity contribution is 6.31. The Labute approximate surface area is 158 Å². The molecule has 0 saturated heterocycles. The highest BCUT2D eigenvalue weighted by Crippen LogP contribution is 2.26. The van der Waals surface area contributed by atoms with Gasteiger partial charge in [0.05, 0.1) is 28.1 Å². The van der Waals surface area contributed by atoms with Crippen LogP contribution in [0.2, 0.25) is 5.02 Å². The molecule has 4 nitrogen and oxygen atoms in total. The fourth-order valence-electron chi connectivity index (χ4n) is 2.60. The first-order chi connectivity index (χ1) is 12.7. The average Bonchev–Trinajstić information content (AvgIpc) is 2.60. The summed E-state index contributed by atoms with van der Waals surface area (Å²) in [5, 5.41) is 6.14. The van der Waals surface area contributed by atoms with Crippen molar-refractivity contribution in [2.45, 2.75) is 13.1 Å². The number of pyridine rings is 1. The van der Waals surface area contributed by atoms with Crippen molar-refractivity contribution in [3.05, 3.63) is 64.8 Å². The minimum absolute atomic E-state index is 0.178. The fourth-order valence-corrected chi connectivity index (χ4v) is 2.79. The summed E-state index contributed by atoms with van der Waals surface area (Å²) < 4.78 is 37.4. The van der Waals surface area contributed by atoms with E-state index in [9.17, 15) is 18.0 Å². The van der Waals surface area contributed by atoms with Crippen molar-refractivity contribution >= 4 is 39.8 Å². The van der Waals surface area contributed by atoms with Crippen LogP contribution in [-0.4, -0.2) is 23.6 Å². The maximum Gasteiger partial charge on any atom is 0.405 e. The van der Waals surface area contributed by atoms with Crippen molar-refractivity contribution in [2.75, 3.05) is 17.2 Å². The molecule has 0 fully saturated rings. The van der Waals surface area contributed by atoms with E-state index in [0.29, 0.717) is 27.2 Å². The lowest BCUT2D eigenvalue weighted by atomic mass is 10.1. The number of alkyl halides is 3. The van der Waals surface area contributed by atoms with Crippen LogP contribution >= 0.6 is 11.6 Å². The third-order valence-electron chi connectivity index (χ3n) is 3.87. The monoisotopic (exact) mass is 393 g/mol. The van der Waals surface area contributed by atoms with Crippen molar-refractivity contribution in [1.29, 1.82) is 0 Å². The van der Waals surface area contributed by atoms with Crippen LogP contribution in [0.25, 0.3) is 10.9 Å². The Hall–Kier alpha value is -2.80. The number of nitrogens with zero attached hydrogens (tertiary/aromatic N) is 1. The lowest BCUT2D eigenvalue weighted by Crippen LogP contribution is -2.22. The van der Waals surface area contributed by atoms with Gasteiger partial charge in [-0.25, -0.2) is 0 Å². The second-order valence-corrected chi connectivity index (χ2v) is 6.36. The average molecular weight is 394 g/mol. The van der Waals surface area contributed by atoms with Gasteiger partial charge in [0.25, 0.3) is 5.91 Å². The molecule has 0 atom stereocenters. The van der Waals surface area contributed by atoms with E-state index in [2.05, 4.69) is 15.6 Å². The second kappa shape index (κ2) is 7.44. The molecule has 8 heteroatoms. The minimum atomic E-state index is -4.37. The number of carbonyl (C=O) groups is 1. The summed E-state index contributed by atoms with van der Waals surface area (Å²) in [6.45, 7) is 0.492. The fraction of sp³-hybridized carbons (Fsp3) is 0.158. The number of aryl methyl sites for hydroxylation is 1. The van der Waals surface area contributed by atoms with Gasteiger partial charge in [-0.05, 0) is 43.3 Å². The van der Waals surface area contributed by atoms with Gasteiger partial charge in [-0.2, -0.15) is 13.2 Å². The van der Waals surface area contributed by atoms with Crippen molar-refractivity contribution in [3.8, 4) is 0 Å². The summed E-state index contributed by atoms with van der Waals surface area (Å²) in [5.41, 5.74) is 1.94. The number of benzene rings is 2. The minimum Gasteiger partial charge on any atom is -0.375 e. The lowest BCUT2D eigenvalue weighted by molar-refractivity contribution is -0.115. The Morgan fingerprint density at radius 3 is 2.52 bits per heavy atom. The molecule has 140 valence electrons. The highest BCUT2D eigenvalue weighted by atomic mass is 35.5. The number of halogens is 4. The van der Waals surface area contributed by atoms with Gasteiger partial charge in [0.15, 0.2) is 0 Å². The van der Waals surface area contributed by atoms with Crippen LogP contribution in [0.5, 0.6) is 0 Å². The predicted molar refractivity (Wildman–Crippen MR) is 100 cm³/mol. The number of hydrogen-bond donors (Lipinski definition) is 2. The van der Waals surface area contributed by atoms with Crippen molar-refractivity contribution < 1.29 is 18.0 Å². The summed E-state index contributed by atoms with van der Waals surface area (Å²) in [7, 11) is 0. The van der Waals surface area contributed by atoms with Crippen LogP contribution in [0, 0.1) is 6.92 Å². The molecule has 1 heterocycles. The molecule has 2 N–H and O–H groups in total. The predicted octanol–water partition coefficient (Wildman–Crippen LogP) is 5.42. The van der Waals surface area contributed by atoms with Gasteiger partial charge in [-0.1, -0.05) is 23.7 Å². The Morgan fingerprint density at radius 2 is 1.81 bits per heavy atom. The van der Waals surface area contributed by atoms with Gasteiger partial charge in [0, 0.05) is 10.4 Å². The maximum absolute atomic E-state index is 12.7. The molecule has 0 spiro atoms. The van der Waals surface area contributed by atoms with Gasteiger partial charge >= 0.3 is 6.18 Å². The molecule has 3 aromatic rings. The van der Waals surface area contributed by atoms with Gasteiger partial charge in [0.1, 0.15) is 6.54 Å². The molecule has 0 unspecified atom stereocenters. The van der Waals surface area contributed by atoms with Crippen LogP contribution < -0.4 is 10.6 Å². The normalized spacial score (nSPS) is 11.4. The first-order valence-electron chi connectivity index (χ1n) is 8.01. The van der Waals surface area contributed by atoms with Crippen LogP contribution in [0.1, 0.15) is 16.1 Å². The van der Waals surface area contributed by atoms with E-state index < -0.39 is 18.6 Å². The zero-order chi connectivity index (χ0) is 19.6. The highest BCUT2D eigenvalue weighted by Gasteiger charge is 2.27. The molecule has 1 aromatic heterocycles. The standard InChI is InChI=1S/C19H15ClF3N3O/c1-11-14(9-12-8-13(20)6-7-15(12)25-11)18(27)26-17-5-3-2-4-16(17)24-10-19(21,22)23/h2-9,24H,10H2,1H3,(H,26,27). The van der Waals surface area contributed by atoms with Crippen LogP contribution in [0.3, 0.4) is 0 Å². The van der Waals surface area contributed by atoms with Crippen LogP contribution in [-0.2, 0) is 0 Å². The Morgan fingerprint density at radius 1 is 1.11 bits per heavy atom. The Bertz CT molecular complexity index is 1010. The molecule has 3 rings (SSSR count). The quantitative estimate of drug-likeness (QED) is 0.622. The van der Waals surface area contributed by atoms with E-state index in [1.54, 1.807) is 43.3 Å². The molecular weight excluding hydrogens is 379 g/mol. The lowest BCUT2D eigenvalue weighted by Gasteiger charge is -2.15. The summed E-state index contributed by atoms with van der Waals surface area (Å²) >= 11 is 5.98. The van der Waals surface area contributed by atoms with Gasteiger partial charge in [0.2, 0.25) is 0 Å². The molecule has 1 amide bonds. The summed E-state index contributed by atoms with van der Waals surface area (Å²) in [6, 6.07) is 13.0. The van der Waals surface area contributed by atoms with Crippen molar-refractivity contribution in [1.82, 2.24) is 4.98 Å². The van der Waals surface area contributed by atoms with E-state index in [-0.39, 0.29) is 11.4 Å². The molecule has 0 saturated carbocycles. The number of nitrogens with one attached hydrogen (secondary N) is 2. The second-order valence-electron chi connectivity index (χ2n) is 5.93. The molecule has 0 aliphatic carbocycles. The first kappa shape index (κ1) is 19.0. The number of para-hydroxylation sites is 2. The number of aromatic nitrogens is 1. The van der Waals surface area contributed by atoms with E-state index in [1.807, 2.05) is 0 Å². The number of rotatable bonds is 4. The summed E-state index contributed by atoms with van der Waals surface area (Å²) in [5.74, 6) is -0.469. The molecular formula is C19H15ClF3N3O. The number of carbonyl (C=O) groups excluding carboxylic acids is 1. The Kier molecular flexibility index (Phi) is 5.23. The number of fused-ring (bicyclic) bond motifs is 1. The van der Waals surface area contributed by atoms with Crippen molar-refractivity contribution in [2.24, 2.45) is 0 Å². The zero-order valence-electron chi connectivity index (χ0n) is 14.2. The smallest absolute Gasteiger partial charge is 0.375 e. The zero-order valence-corrected chi connectivity index (χ0v) is 14.9. The van der Waals surface area contributed by atoms with Gasteiger partial charge < -0.3 is 10.6 Å². The van der Waals surface area contributed by atoms with Gasteiger partial charge in [-0.15, -0.1) is 0 Å². The Balaban J connectivity index is 1.88. The number of amides is 1. The number of hydrogen-bond acceptors (Lipinski definition) is 3. The molecule has 27 heavy (non-hydrogen) atoms. The third kappa shape index (κ3) is 4.68. The van der Waals surface area contributed by atoms with Crippen LogP contribution in [0.4, 0.5) is 24.5 Å². The summed E-state index contributed by atoms with van der Waals surface area (Å²) in [6.07, 6.45) is -4.37. The molecule has 0 aliphatic heterocycles. The largest absolute Gasteiger partial charge is 0.405 e. The van der Waals surface area contributed by atoms with Crippen LogP contribution in [0.15, 0.2) is 48.5 Å². The van der Waals surface area contributed by atoms with E-state index in [1.165, 1.54) is 12.1 Å². The first-order valence-corrected chi connectivity index (χ1v) is 8.39. The van der Waals surface area contributed by atoms with Crippen molar-refractivity contribution in [3.63, 3.8) is 0 Å². The molecule has 0 radical (unpaired) electrons. The SMILES string of the molecule is Cc1nc2ccc(Cl)cc2cc1C(=O)Nc1ccccc1NCC(F)(F)F. The molecule has 0 bridgehead atoms. The van der Waals surface area contributed by atoms with E-state index in [4.69, 9.17) is 11.6 Å². The summed E-state index contributed by atoms with van der Waals surface area (Å²) in [4.78, 5) is 17.1. The number of anilines is 2. The molecule has 0 aliphatic rings. The molecule has 2 aromatic carbocycles. The van der Waals surface area contributed by atoms with E-state index >= 15 is 0 Å². The van der Waals surface area contributed by atoms with E-state index in [0.717, 1.165) is 0 Å². The third-order valence-corrected chi connectivity index (χ3v) is 4.10. The topological polar surface area (TPSA) is 54.0 Å².